The fraction of sp³-hybridized carbons (Fsp3) is 0.541. The third-order valence-electron chi connectivity index (χ3n) is 10.0. The number of hydrogen-bond acceptors (Lipinski definition) is 6. The van der Waals surface area contributed by atoms with Crippen molar-refractivity contribution < 1.29 is 14.0 Å². The van der Waals surface area contributed by atoms with Gasteiger partial charge in [0.2, 0.25) is 0 Å². The molecular weight excluding hydrogens is 609 g/mol. The van der Waals surface area contributed by atoms with Crippen LogP contribution in [0.25, 0.3) is 11.0 Å². The summed E-state index contributed by atoms with van der Waals surface area (Å²) < 4.78 is 13.3. The maximum absolute atomic E-state index is 14.1. The highest BCUT2D eigenvalue weighted by atomic mass is 32.1. The average molecular weight is 659 g/mol. The van der Waals surface area contributed by atoms with Crippen LogP contribution in [0.15, 0.2) is 48.5 Å². The first-order valence-corrected chi connectivity index (χ1v) is 20.5. The van der Waals surface area contributed by atoms with E-state index in [0.29, 0.717) is 0 Å². The molecule has 2 unspecified atom stereocenters. The average Bonchev–Trinajstić information content (AvgIpc) is 3.73. The normalized spacial score (nSPS) is 21.2. The Morgan fingerprint density at radius 3 is 2.48 bits per heavy atom. The molecule has 1 fully saturated rings. The van der Waals surface area contributed by atoms with Crippen molar-refractivity contribution in [3.63, 3.8) is 0 Å². The molecular formula is C37H50N4O3SSi. The monoisotopic (exact) mass is 658 g/mol. The molecule has 2 aromatic carbocycles. The number of nitrogens with one attached hydrogen (secondary N) is 1. The number of nitrogens with zero attached hydrogens (tertiary/aromatic N) is 3. The number of thiazole rings is 1. The topological polar surface area (TPSA) is 80.3 Å². The molecule has 0 saturated carbocycles. The fourth-order valence-electron chi connectivity index (χ4n) is 6.77. The van der Waals surface area contributed by atoms with Gasteiger partial charge in [-0.05, 0) is 101 Å². The standard InChI is InChI=1S/C37H50N4O3SSi/c1-23-38-32-27(17-20-31(32)45-23)34-39-28-18-15-24(22-29(28)40-34)21-26-16-19-30(41(26)35(42)43-36(2,3)4)33(25-13-11-10-12-14-25)44-46(8,9)37(5,6)7/h10-15,18,22,26-27,30,33H,16-17,19-21H2,1-9H3,(H,39,40)/t26-,27?,30?,33+/m0/s1. The highest BCUT2D eigenvalue weighted by Gasteiger charge is 2.47. The highest BCUT2D eigenvalue weighted by molar-refractivity contribution is 7.11. The molecule has 0 spiro atoms. The Morgan fingerprint density at radius 1 is 1.04 bits per heavy atom. The number of imidazole rings is 1. The third kappa shape index (κ3) is 6.69. The number of aromatic nitrogens is 3. The first-order valence-electron chi connectivity index (χ1n) is 16.8. The zero-order chi connectivity index (χ0) is 33.0. The minimum atomic E-state index is -2.18. The second-order valence-corrected chi connectivity index (χ2v) is 21.7. The van der Waals surface area contributed by atoms with Gasteiger partial charge in [0.25, 0.3) is 0 Å². The minimum Gasteiger partial charge on any atom is -0.444 e. The van der Waals surface area contributed by atoms with Crippen LogP contribution in [0.4, 0.5) is 4.79 Å². The molecule has 0 radical (unpaired) electrons. The molecule has 1 saturated heterocycles. The number of carbonyl (C=O) groups excluding carboxylic acids is 1. The summed E-state index contributed by atoms with van der Waals surface area (Å²) in [5.74, 6) is 1.23. The maximum atomic E-state index is 14.1. The largest absolute Gasteiger partial charge is 0.444 e. The molecule has 2 aromatic heterocycles. The van der Waals surface area contributed by atoms with Gasteiger partial charge in [-0.15, -0.1) is 11.3 Å². The predicted octanol–water partition coefficient (Wildman–Crippen LogP) is 9.48. The Morgan fingerprint density at radius 2 is 1.78 bits per heavy atom. The second kappa shape index (κ2) is 12.2. The van der Waals surface area contributed by atoms with E-state index in [1.807, 2.05) is 43.1 Å². The molecule has 9 heteroatoms. The molecule has 6 rings (SSSR count). The lowest BCUT2D eigenvalue weighted by Gasteiger charge is -2.43. The van der Waals surface area contributed by atoms with E-state index in [2.05, 4.69) is 88.2 Å². The Hall–Kier alpha value is -3.01. The summed E-state index contributed by atoms with van der Waals surface area (Å²) in [6.45, 7) is 19.3. The van der Waals surface area contributed by atoms with Crippen LogP contribution in [0.2, 0.25) is 18.1 Å². The van der Waals surface area contributed by atoms with Crippen molar-refractivity contribution in [3.8, 4) is 0 Å². The first-order chi connectivity index (χ1) is 21.6. The van der Waals surface area contributed by atoms with Gasteiger partial charge in [0, 0.05) is 10.9 Å². The number of ether oxygens (including phenoxy) is 1. The summed E-state index contributed by atoms with van der Waals surface area (Å²) in [6, 6.07) is 16.8. The van der Waals surface area contributed by atoms with Gasteiger partial charge < -0.3 is 14.1 Å². The maximum Gasteiger partial charge on any atom is 0.410 e. The van der Waals surface area contributed by atoms with E-state index >= 15 is 0 Å². The molecule has 1 aliphatic heterocycles. The SMILES string of the molecule is Cc1nc2c(s1)CCC2c1nc2ccc(C[C@@H]3CCC([C@H](O[Si](C)(C)C(C)(C)C)c4ccccc4)N3C(=O)OC(C)(C)C)cc2[nH]1. The Kier molecular flexibility index (Phi) is 8.74. The number of hydrogen-bond donors (Lipinski definition) is 1. The van der Waals surface area contributed by atoms with Crippen molar-refractivity contribution in [1.29, 1.82) is 0 Å². The number of H-pyrrole nitrogens is 1. The summed E-state index contributed by atoms with van der Waals surface area (Å²) in [5, 5.41) is 1.16. The number of rotatable bonds is 7. The van der Waals surface area contributed by atoms with Crippen molar-refractivity contribution in [2.75, 3.05) is 0 Å². The lowest BCUT2D eigenvalue weighted by Crippen LogP contribution is -2.50. The zero-order valence-electron chi connectivity index (χ0n) is 28.9. The van der Waals surface area contributed by atoms with E-state index < -0.39 is 13.9 Å². The quantitative estimate of drug-likeness (QED) is 0.200. The van der Waals surface area contributed by atoms with Crippen LogP contribution >= 0.6 is 11.3 Å². The van der Waals surface area contributed by atoms with Crippen LogP contribution in [0.3, 0.4) is 0 Å². The van der Waals surface area contributed by atoms with Gasteiger partial charge in [-0.3, -0.25) is 4.90 Å². The summed E-state index contributed by atoms with van der Waals surface area (Å²) in [7, 11) is -2.18. The van der Waals surface area contributed by atoms with Crippen molar-refractivity contribution in [3.05, 3.63) is 81.1 Å². The summed E-state index contributed by atoms with van der Waals surface area (Å²) in [5.41, 5.74) is 4.90. The van der Waals surface area contributed by atoms with Crippen LogP contribution in [0.5, 0.6) is 0 Å². The minimum absolute atomic E-state index is 0.00992. The van der Waals surface area contributed by atoms with E-state index in [9.17, 15) is 4.79 Å². The van der Waals surface area contributed by atoms with Crippen LogP contribution in [-0.2, 0) is 22.0 Å². The smallest absolute Gasteiger partial charge is 0.410 e. The zero-order valence-corrected chi connectivity index (χ0v) is 30.8. The molecule has 7 nitrogen and oxygen atoms in total. The predicted molar refractivity (Wildman–Crippen MR) is 189 cm³/mol. The molecule has 4 aromatic rings. The lowest BCUT2D eigenvalue weighted by molar-refractivity contribution is -0.00238. The van der Waals surface area contributed by atoms with Crippen LogP contribution < -0.4 is 0 Å². The Labute approximate surface area is 279 Å². The summed E-state index contributed by atoms with van der Waals surface area (Å²) >= 11 is 1.81. The van der Waals surface area contributed by atoms with Crippen molar-refractivity contribution in [1.82, 2.24) is 19.9 Å². The molecule has 1 N–H and O–H groups in total. The summed E-state index contributed by atoms with van der Waals surface area (Å²) in [6.07, 6.45) is 4.10. The van der Waals surface area contributed by atoms with Gasteiger partial charge in [-0.1, -0.05) is 57.2 Å². The summed E-state index contributed by atoms with van der Waals surface area (Å²) in [4.78, 5) is 31.0. The van der Waals surface area contributed by atoms with E-state index in [4.69, 9.17) is 19.1 Å². The fourth-order valence-corrected chi connectivity index (χ4v) is 9.06. The molecule has 4 atom stereocenters. The van der Waals surface area contributed by atoms with Crippen LogP contribution in [0.1, 0.15) is 105 Å². The van der Waals surface area contributed by atoms with E-state index in [-0.39, 0.29) is 35.2 Å². The van der Waals surface area contributed by atoms with E-state index in [0.717, 1.165) is 59.5 Å². The van der Waals surface area contributed by atoms with Crippen molar-refractivity contribution in [2.45, 2.75) is 128 Å². The van der Waals surface area contributed by atoms with Crippen LogP contribution in [-0.4, -0.2) is 51.9 Å². The molecule has 2 aliphatic rings. The molecule has 1 aliphatic carbocycles. The number of fused-ring (bicyclic) bond motifs is 2. The highest BCUT2D eigenvalue weighted by Crippen LogP contribution is 2.45. The molecule has 1 amide bonds. The van der Waals surface area contributed by atoms with Gasteiger partial charge in [0.15, 0.2) is 8.32 Å². The van der Waals surface area contributed by atoms with Gasteiger partial charge >= 0.3 is 6.09 Å². The number of aromatic amines is 1. The van der Waals surface area contributed by atoms with Crippen molar-refractivity contribution in [2.24, 2.45) is 0 Å². The first kappa shape index (κ1) is 32.9. The number of aryl methyl sites for hydroxylation is 2. The van der Waals surface area contributed by atoms with Crippen molar-refractivity contribution >= 4 is 36.8 Å². The molecule has 246 valence electrons. The van der Waals surface area contributed by atoms with Gasteiger partial charge in [0.1, 0.15) is 11.4 Å². The van der Waals surface area contributed by atoms with Gasteiger partial charge in [-0.25, -0.2) is 14.8 Å². The number of likely N-dealkylation sites (tertiary alicyclic amines) is 1. The van der Waals surface area contributed by atoms with Gasteiger partial charge in [0.05, 0.1) is 39.8 Å². The Bertz CT molecular complexity index is 1700. The number of benzene rings is 2. The lowest BCUT2D eigenvalue weighted by atomic mass is 10.0. The molecule has 0 bridgehead atoms. The van der Waals surface area contributed by atoms with E-state index in [1.165, 1.54) is 16.1 Å². The molecule has 46 heavy (non-hydrogen) atoms. The molecule has 3 heterocycles. The number of carbonyl (C=O) groups is 1. The third-order valence-corrected chi connectivity index (χ3v) is 15.5. The Balaban J connectivity index is 1.30. The van der Waals surface area contributed by atoms with Crippen LogP contribution in [0, 0.1) is 6.92 Å². The van der Waals surface area contributed by atoms with Gasteiger partial charge in [-0.2, -0.15) is 0 Å². The number of amides is 1. The van der Waals surface area contributed by atoms with E-state index in [1.54, 1.807) is 0 Å². The second-order valence-electron chi connectivity index (χ2n) is 15.7.